The minimum Gasteiger partial charge on any atom is -0.461 e. The second-order valence-electron chi connectivity index (χ2n) is 2.82. The molecule has 3 N–H and O–H groups in total. The Bertz CT molecular complexity index is 312. The van der Waals surface area contributed by atoms with Crippen LogP contribution < -0.4 is 11.1 Å². The van der Waals surface area contributed by atoms with E-state index in [0.29, 0.717) is 0 Å². The van der Waals surface area contributed by atoms with Crippen LogP contribution in [-0.4, -0.2) is 25.2 Å². The number of nitrogens with two attached hydrogens (primary N) is 1. The summed E-state index contributed by atoms with van der Waals surface area (Å²) in [6.45, 7) is 3.51. The number of ether oxygens (including phenoxy) is 1. The molecule has 5 nitrogen and oxygen atoms in total. The molecule has 5 heteroatoms. The Morgan fingerprint density at radius 2 is 1.65 bits per heavy atom. The van der Waals surface area contributed by atoms with Crippen molar-refractivity contribution in [1.29, 1.82) is 0 Å². The van der Waals surface area contributed by atoms with Gasteiger partial charge in [0.25, 0.3) is 0 Å². The molecule has 1 rings (SSSR count). The maximum atomic E-state index is 10.4. The molecule has 1 aromatic carbocycles. The molecule has 0 fully saturated rings. The molecule has 0 aliphatic rings. The average Bonchev–Trinajstić information content (AvgIpc) is 2.37. The van der Waals surface area contributed by atoms with Gasteiger partial charge in [0.15, 0.2) is 0 Å². The topological polar surface area (TPSA) is 81.4 Å². The Kier molecular flexibility index (Phi) is 8.84. The number of nitrogens with one attached hydrogen (secondary N) is 1. The molecule has 1 aromatic rings. The van der Waals surface area contributed by atoms with Gasteiger partial charge in [-0.25, -0.2) is 9.59 Å². The van der Waals surface area contributed by atoms with Gasteiger partial charge in [0.1, 0.15) is 6.61 Å². The first-order chi connectivity index (χ1) is 8.16. The third-order valence-electron chi connectivity index (χ3n) is 1.48. The summed E-state index contributed by atoms with van der Waals surface area (Å²) in [4.78, 5) is 20.4. The summed E-state index contributed by atoms with van der Waals surface area (Å²) in [6.07, 6.45) is 1.05. The number of amides is 2. The second kappa shape index (κ2) is 10.2. The molecular weight excluding hydrogens is 220 g/mol. The van der Waals surface area contributed by atoms with Crippen LogP contribution in [0.5, 0.6) is 0 Å². The van der Waals surface area contributed by atoms with E-state index in [1.807, 2.05) is 36.4 Å². The summed E-state index contributed by atoms with van der Waals surface area (Å²) < 4.78 is 4.51. The smallest absolute Gasteiger partial charge is 0.330 e. The summed E-state index contributed by atoms with van der Waals surface area (Å²) in [5.41, 5.74) is 4.73. The van der Waals surface area contributed by atoms with Crippen LogP contribution in [0.4, 0.5) is 4.79 Å². The van der Waals surface area contributed by atoms with Crippen LogP contribution in [0.3, 0.4) is 0 Å². The molecule has 0 aromatic heterocycles. The molecule has 0 unspecified atom stereocenters. The zero-order valence-electron chi connectivity index (χ0n) is 9.46. The van der Waals surface area contributed by atoms with Gasteiger partial charge in [0.05, 0.1) is 6.54 Å². The van der Waals surface area contributed by atoms with Crippen LogP contribution >= 0.6 is 0 Å². The van der Waals surface area contributed by atoms with Crippen molar-refractivity contribution in [2.75, 3.05) is 13.2 Å². The lowest BCUT2D eigenvalue weighted by molar-refractivity contribution is -0.137. The van der Waals surface area contributed by atoms with Crippen molar-refractivity contribution < 1.29 is 14.3 Å². The SMILES string of the molecule is C=CC(=O)OCCNC(N)=O.c1ccccc1. The van der Waals surface area contributed by atoms with Gasteiger partial charge >= 0.3 is 12.0 Å². The van der Waals surface area contributed by atoms with Crippen molar-refractivity contribution in [1.82, 2.24) is 5.32 Å². The standard InChI is InChI=1S/C6H10N2O3.C6H6/c1-2-5(9)11-4-3-8-6(7)10;1-2-4-6-5-3-1/h2H,1,3-4H2,(H3,7,8,10);1-6H. The number of rotatable bonds is 4. The van der Waals surface area contributed by atoms with Gasteiger partial charge in [0, 0.05) is 6.08 Å². The fraction of sp³-hybridized carbons (Fsp3) is 0.167. The first-order valence-electron chi connectivity index (χ1n) is 4.99. The maximum Gasteiger partial charge on any atom is 0.330 e. The molecular formula is C12H16N2O3. The van der Waals surface area contributed by atoms with E-state index in [-0.39, 0.29) is 13.2 Å². The summed E-state index contributed by atoms with van der Waals surface area (Å²) >= 11 is 0. The lowest BCUT2D eigenvalue weighted by Gasteiger charge is -2.01. The van der Waals surface area contributed by atoms with Crippen LogP contribution in [-0.2, 0) is 9.53 Å². The number of urea groups is 1. The van der Waals surface area contributed by atoms with Gasteiger partial charge in [-0.05, 0) is 0 Å². The van der Waals surface area contributed by atoms with Crippen LogP contribution in [0, 0.1) is 0 Å². The average molecular weight is 236 g/mol. The molecule has 92 valence electrons. The zero-order chi connectivity index (χ0) is 12.9. The predicted molar refractivity (Wildman–Crippen MR) is 65.2 cm³/mol. The van der Waals surface area contributed by atoms with Gasteiger partial charge in [0.2, 0.25) is 0 Å². The van der Waals surface area contributed by atoms with Gasteiger partial charge in [-0.15, -0.1) is 0 Å². The fourth-order valence-electron chi connectivity index (χ4n) is 0.770. The monoisotopic (exact) mass is 236 g/mol. The van der Waals surface area contributed by atoms with Crippen molar-refractivity contribution >= 4 is 12.0 Å². The Morgan fingerprint density at radius 3 is 2.00 bits per heavy atom. The van der Waals surface area contributed by atoms with Crippen molar-refractivity contribution in [2.45, 2.75) is 0 Å². The summed E-state index contributed by atoms with van der Waals surface area (Å²) in [6, 6.07) is 11.4. The first kappa shape index (κ1) is 14.7. The highest BCUT2D eigenvalue weighted by Crippen LogP contribution is 1.80. The Balaban J connectivity index is 0.000000354. The Labute approximate surface area is 100 Å². The number of primary amides is 1. The van der Waals surface area contributed by atoms with Crippen molar-refractivity contribution in [3.63, 3.8) is 0 Å². The molecule has 17 heavy (non-hydrogen) atoms. The lowest BCUT2D eigenvalue weighted by Crippen LogP contribution is -2.32. The largest absolute Gasteiger partial charge is 0.461 e. The van der Waals surface area contributed by atoms with Crippen LogP contribution in [0.2, 0.25) is 0 Å². The zero-order valence-corrected chi connectivity index (χ0v) is 9.46. The fourth-order valence-corrected chi connectivity index (χ4v) is 0.770. The molecule has 0 radical (unpaired) electrons. The second-order valence-corrected chi connectivity index (χ2v) is 2.82. The van der Waals surface area contributed by atoms with Crippen molar-refractivity contribution in [3.05, 3.63) is 49.1 Å². The van der Waals surface area contributed by atoms with E-state index < -0.39 is 12.0 Å². The van der Waals surface area contributed by atoms with E-state index >= 15 is 0 Å². The number of hydrogen-bond donors (Lipinski definition) is 2. The third-order valence-corrected chi connectivity index (χ3v) is 1.48. The Hall–Kier alpha value is -2.30. The van der Waals surface area contributed by atoms with Crippen LogP contribution in [0.1, 0.15) is 0 Å². The van der Waals surface area contributed by atoms with E-state index in [2.05, 4.69) is 16.6 Å². The van der Waals surface area contributed by atoms with Gasteiger partial charge in [-0.3, -0.25) is 0 Å². The molecule has 0 aliphatic carbocycles. The van der Waals surface area contributed by atoms with E-state index in [0.717, 1.165) is 6.08 Å². The lowest BCUT2D eigenvalue weighted by atomic mass is 10.4. The number of carbonyl (C=O) groups excluding carboxylic acids is 2. The number of benzene rings is 1. The summed E-state index contributed by atoms with van der Waals surface area (Å²) in [7, 11) is 0. The predicted octanol–water partition coefficient (Wildman–Crippen LogP) is 1.07. The number of carbonyl (C=O) groups is 2. The third kappa shape index (κ3) is 11.6. The van der Waals surface area contributed by atoms with Gasteiger partial charge in [-0.1, -0.05) is 43.0 Å². The van der Waals surface area contributed by atoms with E-state index in [1.165, 1.54) is 0 Å². The molecule has 0 spiro atoms. The summed E-state index contributed by atoms with van der Waals surface area (Å²) in [5, 5.41) is 2.25. The minimum atomic E-state index is -0.639. The quantitative estimate of drug-likeness (QED) is 0.466. The minimum absolute atomic E-state index is 0.105. The molecule has 0 heterocycles. The highest BCUT2D eigenvalue weighted by molar-refractivity contribution is 5.81. The van der Waals surface area contributed by atoms with Crippen molar-refractivity contribution in [3.8, 4) is 0 Å². The van der Waals surface area contributed by atoms with E-state index in [1.54, 1.807) is 0 Å². The molecule has 0 saturated carbocycles. The van der Waals surface area contributed by atoms with Gasteiger partial charge < -0.3 is 15.8 Å². The van der Waals surface area contributed by atoms with E-state index in [9.17, 15) is 9.59 Å². The molecule has 0 bridgehead atoms. The first-order valence-corrected chi connectivity index (χ1v) is 4.99. The van der Waals surface area contributed by atoms with Crippen LogP contribution in [0.15, 0.2) is 49.1 Å². The Morgan fingerprint density at radius 1 is 1.18 bits per heavy atom. The molecule has 0 aliphatic heterocycles. The normalized spacial score (nSPS) is 8.24. The van der Waals surface area contributed by atoms with Gasteiger partial charge in [-0.2, -0.15) is 0 Å². The van der Waals surface area contributed by atoms with E-state index in [4.69, 9.17) is 5.73 Å². The van der Waals surface area contributed by atoms with Crippen LogP contribution in [0.25, 0.3) is 0 Å². The summed E-state index contributed by atoms with van der Waals surface area (Å²) in [5.74, 6) is -0.517. The highest BCUT2D eigenvalue weighted by Gasteiger charge is 1.94. The maximum absolute atomic E-state index is 10.4. The number of esters is 1. The molecule has 0 atom stereocenters. The molecule has 0 saturated heterocycles. The van der Waals surface area contributed by atoms with Crippen molar-refractivity contribution in [2.24, 2.45) is 5.73 Å². The molecule has 2 amide bonds. The highest BCUT2D eigenvalue weighted by atomic mass is 16.5. The number of hydrogen-bond acceptors (Lipinski definition) is 3.